The van der Waals surface area contributed by atoms with Gasteiger partial charge in [-0.05, 0) is 100 Å². The molecule has 0 amide bonds. The van der Waals surface area contributed by atoms with Crippen LogP contribution < -0.4 is 0 Å². The molecule has 3 aromatic rings. The molecule has 0 bridgehead atoms. The molecule has 2 aliphatic rings. The topological polar surface area (TPSA) is 0 Å². The molecule has 0 aliphatic heterocycles. The number of halogens is 3. The first-order chi connectivity index (χ1) is 20.2. The Morgan fingerprint density at radius 1 is 0.395 bits per heavy atom. The number of rotatable bonds is 0. The van der Waals surface area contributed by atoms with Gasteiger partial charge in [-0.15, -0.1) is 0 Å². The molecule has 5 rings (SSSR count). The second-order valence-corrected chi connectivity index (χ2v) is 13.5. The molecule has 3 aromatic carbocycles. The Morgan fingerprint density at radius 3 is 0.953 bits per heavy atom. The first kappa shape index (κ1) is 38.5. The summed E-state index contributed by atoms with van der Waals surface area (Å²) in [6.07, 6.45) is 11.8. The lowest BCUT2D eigenvalue weighted by Crippen LogP contribution is -2.08. The average molecular weight is 597 g/mol. The Bertz CT molecular complexity index is 1080. The normalized spacial score (nSPS) is 20.9. The van der Waals surface area contributed by atoms with Gasteiger partial charge in [0.15, 0.2) is 0 Å². The second kappa shape index (κ2) is 20.4. The summed E-state index contributed by atoms with van der Waals surface area (Å²) in [5.41, 5.74) is 5.04. The average Bonchev–Trinajstić information content (AvgIpc) is 2.96. The lowest BCUT2D eigenvalue weighted by molar-refractivity contribution is 0.308. The number of benzene rings is 3. The van der Waals surface area contributed by atoms with Crippen molar-refractivity contribution >= 4 is 0 Å². The van der Waals surface area contributed by atoms with Gasteiger partial charge in [-0.2, -0.15) is 0 Å². The summed E-state index contributed by atoms with van der Waals surface area (Å²) >= 11 is 0. The highest BCUT2D eigenvalue weighted by molar-refractivity contribution is 5.24. The Kier molecular flexibility index (Phi) is 18.3. The van der Waals surface area contributed by atoms with E-state index in [9.17, 15) is 13.2 Å². The zero-order valence-corrected chi connectivity index (χ0v) is 28.8. The monoisotopic (exact) mass is 596 g/mol. The van der Waals surface area contributed by atoms with E-state index in [1.165, 1.54) is 87.6 Å². The predicted octanol–water partition coefficient (Wildman–Crippen LogP) is 13.0. The van der Waals surface area contributed by atoms with Crippen LogP contribution in [0.4, 0.5) is 13.2 Å². The third-order valence-corrected chi connectivity index (χ3v) is 8.58. The first-order valence-electron chi connectivity index (χ1n) is 16.4. The summed E-state index contributed by atoms with van der Waals surface area (Å²) in [5.74, 6) is 3.01. The quantitative estimate of drug-likeness (QED) is 0.242. The molecule has 0 spiro atoms. The van der Waals surface area contributed by atoms with E-state index >= 15 is 0 Å². The SMILES string of the molecule is CC1CCC(C)CC1.CC1CCC(C)CC1.Cc1cc(F)c(C)c(F)c1.Cc1ccc(C)c(F)c1.Cc1ccc(C)cc1. The van der Waals surface area contributed by atoms with Crippen molar-refractivity contribution in [1.82, 2.24) is 0 Å². The molecule has 0 saturated heterocycles. The fourth-order valence-corrected chi connectivity index (χ4v) is 4.96. The Balaban J connectivity index is 0.000000269. The molecule has 0 aromatic heterocycles. The molecule has 0 nitrogen and oxygen atoms in total. The van der Waals surface area contributed by atoms with Crippen molar-refractivity contribution in [2.75, 3.05) is 0 Å². The third-order valence-electron chi connectivity index (χ3n) is 8.58. The van der Waals surface area contributed by atoms with E-state index in [1.807, 2.05) is 13.0 Å². The zero-order valence-electron chi connectivity index (χ0n) is 28.8. The summed E-state index contributed by atoms with van der Waals surface area (Å²) in [6.45, 7) is 20.4. The van der Waals surface area contributed by atoms with Crippen molar-refractivity contribution in [3.05, 3.63) is 105 Å². The van der Waals surface area contributed by atoms with Gasteiger partial charge in [0.05, 0.1) is 0 Å². The van der Waals surface area contributed by atoms with Crippen molar-refractivity contribution in [2.45, 2.75) is 121 Å². The van der Waals surface area contributed by atoms with Crippen molar-refractivity contribution in [1.29, 1.82) is 0 Å². The van der Waals surface area contributed by atoms with Crippen molar-refractivity contribution in [3.63, 3.8) is 0 Å². The maximum atomic E-state index is 12.6. The van der Waals surface area contributed by atoms with Crippen LogP contribution in [0.5, 0.6) is 0 Å². The van der Waals surface area contributed by atoms with Crippen LogP contribution in [-0.2, 0) is 0 Å². The van der Waals surface area contributed by atoms with Gasteiger partial charge in [-0.1, -0.05) is 127 Å². The molecular weight excluding hydrogens is 537 g/mol. The Labute approximate surface area is 262 Å². The lowest BCUT2D eigenvalue weighted by atomic mass is 9.84. The minimum absolute atomic E-state index is 0.0885. The molecule has 43 heavy (non-hydrogen) atoms. The summed E-state index contributed by atoms with van der Waals surface area (Å²) in [7, 11) is 0. The van der Waals surface area contributed by atoms with Crippen LogP contribution in [0.15, 0.2) is 54.6 Å². The van der Waals surface area contributed by atoms with Gasteiger partial charge in [0.25, 0.3) is 0 Å². The fraction of sp³-hybridized carbons (Fsp3) is 0.550. The standard InChI is InChI=1S/C8H8F2.C8H9F.2C8H16.C8H10/c1-5-3-7(9)6(2)8(10)4-5;1-6-3-4-7(2)8(9)5-6;3*1-7-3-5-8(2)6-4-7/h3-4H,1-2H3;3-5H,1-2H3;2*7-8H,3-6H2,1-2H3;3-6H,1-2H3. The van der Waals surface area contributed by atoms with Crippen molar-refractivity contribution in [2.24, 2.45) is 23.7 Å². The summed E-state index contributed by atoms with van der Waals surface area (Å²) < 4.78 is 37.8. The Morgan fingerprint density at radius 2 is 0.674 bits per heavy atom. The zero-order chi connectivity index (χ0) is 32.5. The van der Waals surface area contributed by atoms with E-state index in [4.69, 9.17) is 0 Å². The minimum Gasteiger partial charge on any atom is -0.207 e. The maximum Gasteiger partial charge on any atom is 0.129 e. The third kappa shape index (κ3) is 17.4. The van der Waals surface area contributed by atoms with Crippen LogP contribution in [-0.4, -0.2) is 0 Å². The molecule has 2 aliphatic carbocycles. The number of aryl methyl sites for hydroxylation is 5. The predicted molar refractivity (Wildman–Crippen MR) is 181 cm³/mol. The highest BCUT2D eigenvalue weighted by Crippen LogP contribution is 2.28. The van der Waals surface area contributed by atoms with E-state index in [2.05, 4.69) is 65.8 Å². The molecule has 3 heteroatoms. The van der Waals surface area contributed by atoms with Crippen LogP contribution in [0.3, 0.4) is 0 Å². The van der Waals surface area contributed by atoms with Crippen LogP contribution in [0, 0.1) is 82.7 Å². The van der Waals surface area contributed by atoms with E-state index in [0.29, 0.717) is 11.1 Å². The summed E-state index contributed by atoms with van der Waals surface area (Å²) in [5, 5.41) is 0. The van der Waals surface area contributed by atoms with Crippen LogP contribution in [0.25, 0.3) is 0 Å². The molecule has 0 heterocycles. The van der Waals surface area contributed by atoms with Crippen LogP contribution in [0.1, 0.15) is 112 Å². The van der Waals surface area contributed by atoms with E-state index in [0.717, 1.165) is 29.2 Å². The van der Waals surface area contributed by atoms with Crippen molar-refractivity contribution < 1.29 is 13.2 Å². The highest BCUT2D eigenvalue weighted by atomic mass is 19.1. The van der Waals surface area contributed by atoms with Gasteiger partial charge in [-0.25, -0.2) is 13.2 Å². The van der Waals surface area contributed by atoms with E-state index < -0.39 is 11.6 Å². The van der Waals surface area contributed by atoms with Crippen molar-refractivity contribution in [3.8, 4) is 0 Å². The minimum atomic E-state index is -0.475. The Hall–Kier alpha value is -2.55. The summed E-state index contributed by atoms with van der Waals surface area (Å²) in [6, 6.07) is 16.3. The molecule has 2 saturated carbocycles. The molecular formula is C40H59F3. The van der Waals surface area contributed by atoms with Gasteiger partial charge >= 0.3 is 0 Å². The lowest BCUT2D eigenvalue weighted by Gasteiger charge is -2.22. The molecule has 0 radical (unpaired) electrons. The number of hydrogen-bond donors (Lipinski definition) is 0. The van der Waals surface area contributed by atoms with E-state index in [1.54, 1.807) is 19.9 Å². The van der Waals surface area contributed by atoms with Gasteiger partial charge in [0, 0.05) is 5.56 Å². The van der Waals surface area contributed by atoms with Gasteiger partial charge in [0.2, 0.25) is 0 Å². The summed E-state index contributed by atoms with van der Waals surface area (Å²) in [4.78, 5) is 0. The first-order valence-corrected chi connectivity index (χ1v) is 16.4. The molecule has 2 fully saturated rings. The fourth-order valence-electron chi connectivity index (χ4n) is 4.96. The van der Waals surface area contributed by atoms with Gasteiger partial charge < -0.3 is 0 Å². The number of hydrogen-bond acceptors (Lipinski definition) is 0. The van der Waals surface area contributed by atoms with Crippen LogP contribution in [0.2, 0.25) is 0 Å². The largest absolute Gasteiger partial charge is 0.207 e. The molecule has 0 unspecified atom stereocenters. The van der Waals surface area contributed by atoms with E-state index in [-0.39, 0.29) is 11.4 Å². The highest BCUT2D eigenvalue weighted by Gasteiger charge is 2.14. The van der Waals surface area contributed by atoms with Gasteiger partial charge in [0.1, 0.15) is 17.5 Å². The van der Waals surface area contributed by atoms with Crippen LogP contribution >= 0.6 is 0 Å². The van der Waals surface area contributed by atoms with Gasteiger partial charge in [-0.3, -0.25) is 0 Å². The second-order valence-electron chi connectivity index (χ2n) is 13.5. The molecule has 240 valence electrons. The maximum absolute atomic E-state index is 12.6. The smallest absolute Gasteiger partial charge is 0.129 e. The molecule has 0 N–H and O–H groups in total. The molecule has 0 atom stereocenters.